The fourth-order valence-corrected chi connectivity index (χ4v) is 9.96. The maximum Gasteiger partial charge on any atom is 0.0957 e. The Balaban J connectivity index is 1.08. The SMILES string of the molecule is CC(CCCCCC12CCC(C1)CC2(O)c1ccc(Cl)cc1)C12CCC(CC1(O)c1ccc(Cl)cc1)C2. The molecular formula is C33H42Cl2O2. The van der Waals surface area contributed by atoms with Crippen LogP contribution < -0.4 is 0 Å². The first-order valence-electron chi connectivity index (χ1n) is 14.7. The average molecular weight is 542 g/mol. The highest BCUT2D eigenvalue weighted by Crippen LogP contribution is 2.68. The van der Waals surface area contributed by atoms with Crippen LogP contribution >= 0.6 is 23.2 Å². The van der Waals surface area contributed by atoms with Crippen LogP contribution in [0.2, 0.25) is 10.0 Å². The van der Waals surface area contributed by atoms with E-state index in [1.54, 1.807) is 0 Å². The van der Waals surface area contributed by atoms with E-state index in [0.29, 0.717) is 17.8 Å². The summed E-state index contributed by atoms with van der Waals surface area (Å²) in [7, 11) is 0. The summed E-state index contributed by atoms with van der Waals surface area (Å²) in [6, 6.07) is 15.9. The van der Waals surface area contributed by atoms with E-state index in [0.717, 1.165) is 59.7 Å². The Bertz CT molecular complexity index is 1120. The summed E-state index contributed by atoms with van der Waals surface area (Å²) in [5.74, 6) is 1.79. The van der Waals surface area contributed by atoms with Crippen LogP contribution in [0, 0.1) is 28.6 Å². The predicted octanol–water partition coefficient (Wildman–Crippen LogP) is 9.04. The van der Waals surface area contributed by atoms with Gasteiger partial charge in [-0.25, -0.2) is 0 Å². The molecule has 2 aromatic carbocycles. The molecule has 0 amide bonds. The molecule has 2 nitrogen and oxygen atoms in total. The Hall–Kier alpha value is -1.06. The number of benzene rings is 2. The number of unbranched alkanes of at least 4 members (excludes halogenated alkanes) is 2. The average Bonchev–Trinajstić information content (AvgIpc) is 3.63. The zero-order chi connectivity index (χ0) is 25.9. The van der Waals surface area contributed by atoms with Crippen molar-refractivity contribution in [1.29, 1.82) is 0 Å². The van der Waals surface area contributed by atoms with Crippen LogP contribution in [-0.2, 0) is 11.2 Å². The first kappa shape index (κ1) is 26.2. The van der Waals surface area contributed by atoms with Crippen molar-refractivity contribution in [3.63, 3.8) is 0 Å². The van der Waals surface area contributed by atoms with Crippen molar-refractivity contribution in [1.82, 2.24) is 0 Å². The first-order valence-corrected chi connectivity index (χ1v) is 15.4. The molecule has 200 valence electrons. The van der Waals surface area contributed by atoms with Gasteiger partial charge in [0.1, 0.15) is 0 Å². The third kappa shape index (κ3) is 4.12. The minimum absolute atomic E-state index is 0.0108. The molecule has 37 heavy (non-hydrogen) atoms. The minimum atomic E-state index is -0.726. The van der Waals surface area contributed by atoms with Crippen LogP contribution in [0.15, 0.2) is 48.5 Å². The highest BCUT2D eigenvalue weighted by molar-refractivity contribution is 6.30. The summed E-state index contributed by atoms with van der Waals surface area (Å²) in [6.45, 7) is 2.39. The van der Waals surface area contributed by atoms with Gasteiger partial charge in [-0.05, 0) is 111 Å². The van der Waals surface area contributed by atoms with Crippen molar-refractivity contribution in [2.24, 2.45) is 28.6 Å². The van der Waals surface area contributed by atoms with Gasteiger partial charge >= 0.3 is 0 Å². The largest absolute Gasteiger partial charge is 0.385 e. The van der Waals surface area contributed by atoms with Crippen molar-refractivity contribution in [3.8, 4) is 0 Å². The Morgan fingerprint density at radius 3 is 1.92 bits per heavy atom. The van der Waals surface area contributed by atoms with Crippen LogP contribution in [0.3, 0.4) is 0 Å². The molecular weight excluding hydrogens is 499 g/mol. The number of rotatable bonds is 9. The Morgan fingerprint density at radius 1 is 0.730 bits per heavy atom. The Kier molecular flexibility index (Phi) is 6.75. The lowest BCUT2D eigenvalue weighted by Crippen LogP contribution is -2.46. The molecule has 4 bridgehead atoms. The standard InChI is InChI=1S/C33H42Cl2O2/c1-23(31-18-15-25(20-31)22-33(31,37)27-8-12-29(35)13-9-27)5-3-2-4-16-30-17-14-24(19-30)21-32(30,36)26-6-10-28(34)11-7-26/h6-13,23-25,36-37H,2-5,14-22H2,1H3. The zero-order valence-electron chi connectivity index (χ0n) is 22.2. The third-order valence-electron chi connectivity index (χ3n) is 11.6. The molecule has 4 saturated carbocycles. The molecule has 4 aliphatic rings. The van der Waals surface area contributed by atoms with Gasteiger partial charge in [0.05, 0.1) is 11.2 Å². The molecule has 2 N–H and O–H groups in total. The maximum atomic E-state index is 12.1. The van der Waals surface area contributed by atoms with Crippen LogP contribution in [0.5, 0.6) is 0 Å². The van der Waals surface area contributed by atoms with Crippen molar-refractivity contribution < 1.29 is 10.2 Å². The fourth-order valence-electron chi connectivity index (χ4n) is 9.71. The molecule has 0 heterocycles. The van der Waals surface area contributed by atoms with E-state index in [2.05, 4.69) is 19.1 Å². The van der Waals surface area contributed by atoms with Gasteiger partial charge in [0, 0.05) is 20.9 Å². The number of aliphatic hydroxyl groups is 2. The summed E-state index contributed by atoms with van der Waals surface area (Å²) >= 11 is 12.3. The first-order chi connectivity index (χ1) is 17.7. The lowest BCUT2D eigenvalue weighted by Gasteiger charge is -2.47. The van der Waals surface area contributed by atoms with E-state index in [4.69, 9.17) is 23.2 Å². The van der Waals surface area contributed by atoms with Gasteiger partial charge in [0.2, 0.25) is 0 Å². The van der Waals surface area contributed by atoms with Crippen molar-refractivity contribution in [2.75, 3.05) is 0 Å². The lowest BCUT2D eigenvalue weighted by atomic mass is 9.60. The Morgan fingerprint density at radius 2 is 1.30 bits per heavy atom. The Labute approximate surface area is 232 Å². The molecule has 2 aromatic rings. The quantitative estimate of drug-likeness (QED) is 0.311. The highest BCUT2D eigenvalue weighted by atomic mass is 35.5. The van der Waals surface area contributed by atoms with Gasteiger partial charge in [-0.15, -0.1) is 0 Å². The summed E-state index contributed by atoms with van der Waals surface area (Å²) < 4.78 is 0. The molecule has 0 radical (unpaired) electrons. The molecule has 7 unspecified atom stereocenters. The topological polar surface area (TPSA) is 40.5 Å². The van der Waals surface area contributed by atoms with E-state index < -0.39 is 11.2 Å². The second kappa shape index (κ2) is 9.54. The molecule has 0 saturated heterocycles. The number of halogens is 2. The van der Waals surface area contributed by atoms with Crippen LogP contribution in [0.25, 0.3) is 0 Å². The molecule has 4 fully saturated rings. The van der Waals surface area contributed by atoms with Crippen LogP contribution in [0.4, 0.5) is 0 Å². The monoisotopic (exact) mass is 540 g/mol. The van der Waals surface area contributed by atoms with Crippen LogP contribution in [0.1, 0.15) is 102 Å². The van der Waals surface area contributed by atoms with E-state index in [-0.39, 0.29) is 10.8 Å². The van der Waals surface area contributed by atoms with Gasteiger partial charge in [-0.3, -0.25) is 0 Å². The molecule has 0 aromatic heterocycles. The molecule has 7 atom stereocenters. The maximum absolute atomic E-state index is 12.1. The van der Waals surface area contributed by atoms with Crippen molar-refractivity contribution in [2.45, 2.75) is 102 Å². The molecule has 6 rings (SSSR count). The van der Waals surface area contributed by atoms with E-state index in [1.807, 2.05) is 36.4 Å². The zero-order valence-corrected chi connectivity index (χ0v) is 23.7. The minimum Gasteiger partial charge on any atom is -0.385 e. The van der Waals surface area contributed by atoms with Crippen molar-refractivity contribution in [3.05, 3.63) is 69.7 Å². The van der Waals surface area contributed by atoms with E-state index >= 15 is 0 Å². The van der Waals surface area contributed by atoms with Gasteiger partial charge in [-0.1, -0.05) is 80.1 Å². The molecule has 0 aliphatic heterocycles. The second-order valence-corrected chi connectivity index (χ2v) is 14.2. The van der Waals surface area contributed by atoms with Gasteiger partial charge in [0.15, 0.2) is 0 Å². The fraction of sp³-hybridized carbons (Fsp3) is 0.636. The lowest BCUT2D eigenvalue weighted by molar-refractivity contribution is -0.109. The smallest absolute Gasteiger partial charge is 0.0957 e. The number of fused-ring (bicyclic) bond motifs is 4. The van der Waals surface area contributed by atoms with Crippen LogP contribution in [-0.4, -0.2) is 10.2 Å². The summed E-state index contributed by atoms with van der Waals surface area (Å²) in [6.07, 6.45) is 14.8. The summed E-state index contributed by atoms with van der Waals surface area (Å²) in [5, 5.41) is 25.5. The van der Waals surface area contributed by atoms with E-state index in [9.17, 15) is 10.2 Å². The number of hydrogen-bond donors (Lipinski definition) is 2. The normalized spacial score (nSPS) is 38.9. The highest BCUT2D eigenvalue weighted by Gasteiger charge is 2.63. The summed E-state index contributed by atoms with van der Waals surface area (Å²) in [5.41, 5.74) is 0.702. The van der Waals surface area contributed by atoms with Gasteiger partial charge in [-0.2, -0.15) is 0 Å². The predicted molar refractivity (Wildman–Crippen MR) is 152 cm³/mol. The number of hydrogen-bond acceptors (Lipinski definition) is 2. The van der Waals surface area contributed by atoms with E-state index in [1.165, 1.54) is 44.9 Å². The molecule has 4 heteroatoms. The molecule has 0 spiro atoms. The summed E-state index contributed by atoms with van der Waals surface area (Å²) in [4.78, 5) is 0. The van der Waals surface area contributed by atoms with Gasteiger partial charge < -0.3 is 10.2 Å². The van der Waals surface area contributed by atoms with Crippen molar-refractivity contribution >= 4 is 23.2 Å². The second-order valence-electron chi connectivity index (χ2n) is 13.3. The van der Waals surface area contributed by atoms with Gasteiger partial charge in [0.25, 0.3) is 0 Å². The third-order valence-corrected chi connectivity index (χ3v) is 12.1. The molecule has 4 aliphatic carbocycles.